The summed E-state index contributed by atoms with van der Waals surface area (Å²) in [7, 11) is 1.64. The Hall–Kier alpha value is -3.68. The van der Waals surface area contributed by atoms with Crippen molar-refractivity contribution in [1.82, 2.24) is 30.4 Å². The van der Waals surface area contributed by atoms with Gasteiger partial charge in [0.2, 0.25) is 0 Å². The molecule has 3 atom stereocenters. The Labute approximate surface area is 355 Å². The van der Waals surface area contributed by atoms with E-state index in [2.05, 4.69) is 63.6 Å². The molecule has 0 spiro atoms. The maximum Gasteiger partial charge on any atom is 0.407 e. The van der Waals surface area contributed by atoms with Gasteiger partial charge in [-0.3, -0.25) is 9.88 Å². The number of carbonyl (C=O) groups is 3. The minimum absolute atomic E-state index is 0. The Morgan fingerprint density at radius 1 is 0.964 bits per heavy atom. The summed E-state index contributed by atoms with van der Waals surface area (Å²) in [5.41, 5.74) is 11.3. The lowest BCUT2D eigenvalue weighted by Gasteiger charge is -2.28. The highest BCUT2D eigenvalue weighted by Crippen LogP contribution is 2.20. The second kappa shape index (κ2) is 25.5. The van der Waals surface area contributed by atoms with Crippen molar-refractivity contribution in [2.24, 2.45) is 5.73 Å². The number of urea groups is 1. The van der Waals surface area contributed by atoms with Crippen LogP contribution in [0, 0.1) is 0 Å². The fourth-order valence-electron chi connectivity index (χ4n) is 5.84. The Morgan fingerprint density at radius 2 is 1.62 bits per heavy atom. The van der Waals surface area contributed by atoms with Crippen molar-refractivity contribution in [3.63, 3.8) is 0 Å². The molecule has 16 heteroatoms. The van der Waals surface area contributed by atoms with Crippen molar-refractivity contribution in [1.29, 1.82) is 0 Å². The zero-order valence-corrected chi connectivity index (χ0v) is 36.3. The van der Waals surface area contributed by atoms with Crippen molar-refractivity contribution in [3.8, 4) is 0 Å². The number of benzene rings is 2. The summed E-state index contributed by atoms with van der Waals surface area (Å²) in [5, 5.41) is 18.0. The molecule has 1 saturated heterocycles. The molecule has 0 saturated carbocycles. The minimum Gasteiger partial charge on any atom is -0.480 e. The van der Waals surface area contributed by atoms with E-state index < -0.39 is 24.1 Å². The molecule has 0 radical (unpaired) electrons. The van der Waals surface area contributed by atoms with Crippen LogP contribution in [0.1, 0.15) is 65.7 Å². The standard InChI is InChI=1S/C23H27N3O2S.C17H28N4O4S.HI/c24-20(13-18-7-3-1-4-8-18)11-12-21(14-19-9-5-2-6-10-19)26-23(27)28-16-22-15-25-17-29-22;1-12(2)15-18-13(11-26-15)10-20(3)17(24)19-14(16(22)23)4-5-21-6-8-25-9-7-21;/h1-10,15,17,20-21H,11-14,16,24H2,(H,26,27);11-12,14H,4-10H2,1-3H3,(H,19,24)(H,22,23);1H/t20-,21-;14-;/m10./s1. The first-order valence-corrected chi connectivity index (χ1v) is 20.4. The highest BCUT2D eigenvalue weighted by molar-refractivity contribution is 14.0. The molecule has 1 aliphatic rings. The van der Waals surface area contributed by atoms with Gasteiger partial charge >= 0.3 is 18.1 Å². The first-order valence-electron chi connectivity index (χ1n) is 18.7. The van der Waals surface area contributed by atoms with Crippen LogP contribution in [0.4, 0.5) is 9.59 Å². The van der Waals surface area contributed by atoms with Gasteiger partial charge in [0, 0.05) is 56.3 Å². The number of aromatic nitrogens is 2. The Kier molecular flexibility index (Phi) is 21.3. The van der Waals surface area contributed by atoms with Gasteiger partial charge in [0.25, 0.3) is 0 Å². The molecule has 306 valence electrons. The van der Waals surface area contributed by atoms with E-state index in [1.165, 1.54) is 27.4 Å². The van der Waals surface area contributed by atoms with Crippen LogP contribution in [0.15, 0.2) is 77.8 Å². The van der Waals surface area contributed by atoms with E-state index in [1.807, 2.05) is 41.8 Å². The van der Waals surface area contributed by atoms with Crippen LogP contribution < -0.4 is 16.4 Å². The van der Waals surface area contributed by atoms with E-state index in [1.54, 1.807) is 30.1 Å². The Morgan fingerprint density at radius 3 is 2.21 bits per heavy atom. The summed E-state index contributed by atoms with van der Waals surface area (Å²) in [6, 6.07) is 19.1. The van der Waals surface area contributed by atoms with Crippen LogP contribution in [0.25, 0.3) is 0 Å². The Balaban J connectivity index is 0.000000297. The van der Waals surface area contributed by atoms with E-state index in [9.17, 15) is 19.5 Å². The lowest BCUT2D eigenvalue weighted by molar-refractivity contribution is -0.139. The molecule has 3 heterocycles. The predicted octanol–water partition coefficient (Wildman–Crippen LogP) is 6.53. The van der Waals surface area contributed by atoms with Gasteiger partial charge in [-0.1, -0.05) is 74.5 Å². The van der Waals surface area contributed by atoms with Crippen LogP contribution in [-0.2, 0) is 40.3 Å². The third kappa shape index (κ3) is 17.6. The number of nitrogens with zero attached hydrogens (tertiary/aromatic N) is 4. The monoisotopic (exact) mass is 921 g/mol. The van der Waals surface area contributed by atoms with E-state index in [0.717, 1.165) is 54.4 Å². The molecule has 5 N–H and O–H groups in total. The van der Waals surface area contributed by atoms with E-state index in [0.29, 0.717) is 38.6 Å². The van der Waals surface area contributed by atoms with Crippen LogP contribution in [0.5, 0.6) is 0 Å². The first-order chi connectivity index (χ1) is 26.5. The topological polar surface area (TPSA) is 172 Å². The van der Waals surface area contributed by atoms with Gasteiger partial charge in [-0.05, 0) is 43.2 Å². The largest absolute Gasteiger partial charge is 0.480 e. The predicted molar refractivity (Wildman–Crippen MR) is 232 cm³/mol. The number of alkyl carbamates (subject to hydrolysis) is 1. The van der Waals surface area contributed by atoms with Crippen LogP contribution in [-0.4, -0.2) is 101 Å². The molecule has 0 aliphatic carbocycles. The molecular formula is C40H56IN7O6S2. The molecule has 3 amide bonds. The minimum atomic E-state index is -1.02. The average Bonchev–Trinajstić information content (AvgIpc) is 3.89. The summed E-state index contributed by atoms with van der Waals surface area (Å²) >= 11 is 3.04. The number of morpholine rings is 1. The van der Waals surface area contributed by atoms with Crippen molar-refractivity contribution in [2.75, 3.05) is 39.9 Å². The third-order valence-electron chi connectivity index (χ3n) is 8.95. The summed E-state index contributed by atoms with van der Waals surface area (Å²) in [6.07, 6.45) is 4.85. The van der Waals surface area contributed by atoms with Crippen molar-refractivity contribution in [3.05, 3.63) is 104 Å². The maximum atomic E-state index is 12.3. The number of halogens is 1. The molecule has 56 heavy (non-hydrogen) atoms. The van der Waals surface area contributed by atoms with Gasteiger partial charge in [0.1, 0.15) is 12.6 Å². The second-order valence-corrected chi connectivity index (χ2v) is 15.7. The second-order valence-electron chi connectivity index (χ2n) is 13.9. The normalized spacial score (nSPS) is 14.3. The smallest absolute Gasteiger partial charge is 0.407 e. The molecular weight excluding hydrogens is 866 g/mol. The number of hydrogen-bond donors (Lipinski definition) is 4. The number of amides is 3. The fourth-order valence-corrected chi connectivity index (χ4v) is 7.18. The lowest BCUT2D eigenvalue weighted by Crippen LogP contribution is -2.48. The SMILES string of the molecule is CC(C)c1nc(CN(C)C(=O)N[C@@H](CCN2CCOCC2)C(=O)O)cs1.I.N[C@H](CC[C@H](Cc1ccccc1)NC(=O)OCc1cncs1)Cc1ccccc1. The number of nitrogens with one attached hydrogen (secondary N) is 2. The van der Waals surface area contributed by atoms with Gasteiger partial charge in [0.15, 0.2) is 0 Å². The highest BCUT2D eigenvalue weighted by Gasteiger charge is 2.24. The first kappa shape index (κ1) is 46.7. The van der Waals surface area contributed by atoms with Gasteiger partial charge in [0.05, 0.1) is 40.8 Å². The van der Waals surface area contributed by atoms with E-state index in [4.69, 9.17) is 15.2 Å². The number of thiazole rings is 2. The Bertz CT molecular complexity index is 1700. The number of ether oxygens (including phenoxy) is 2. The maximum absolute atomic E-state index is 12.3. The number of carboxylic acid groups (broad SMARTS) is 1. The van der Waals surface area contributed by atoms with Crippen molar-refractivity contribution >= 4 is 64.7 Å². The highest BCUT2D eigenvalue weighted by atomic mass is 127. The number of aliphatic carboxylic acids is 1. The molecule has 4 aromatic rings. The molecule has 1 fully saturated rings. The molecule has 13 nitrogen and oxygen atoms in total. The van der Waals surface area contributed by atoms with Gasteiger partial charge < -0.3 is 35.8 Å². The molecule has 0 bridgehead atoms. The third-order valence-corrected chi connectivity index (χ3v) is 10.9. The summed E-state index contributed by atoms with van der Waals surface area (Å²) < 4.78 is 10.6. The number of hydrogen-bond acceptors (Lipinski definition) is 11. The van der Waals surface area contributed by atoms with Crippen LogP contribution in [0.3, 0.4) is 0 Å². The van der Waals surface area contributed by atoms with Gasteiger partial charge in [-0.15, -0.1) is 46.7 Å². The quantitative estimate of drug-likeness (QED) is 0.0805. The zero-order chi connectivity index (χ0) is 39.4. The fraction of sp³-hybridized carbons (Fsp3) is 0.475. The summed E-state index contributed by atoms with van der Waals surface area (Å²) in [4.78, 5) is 49.2. The van der Waals surface area contributed by atoms with Crippen molar-refractivity contribution < 1.29 is 29.0 Å². The number of nitrogens with two attached hydrogens (primary N) is 1. The molecule has 2 aromatic carbocycles. The van der Waals surface area contributed by atoms with Gasteiger partial charge in [-0.2, -0.15) is 0 Å². The van der Waals surface area contributed by atoms with Crippen LogP contribution >= 0.6 is 46.7 Å². The van der Waals surface area contributed by atoms with Crippen LogP contribution in [0.2, 0.25) is 0 Å². The van der Waals surface area contributed by atoms with Crippen molar-refractivity contribution in [2.45, 2.75) is 83.1 Å². The average molecular weight is 922 g/mol. The molecule has 0 unspecified atom stereocenters. The summed E-state index contributed by atoms with van der Waals surface area (Å²) in [5.74, 6) is -0.666. The van der Waals surface area contributed by atoms with E-state index in [-0.39, 0.29) is 42.7 Å². The summed E-state index contributed by atoms with van der Waals surface area (Å²) in [6.45, 7) is 8.28. The van der Waals surface area contributed by atoms with E-state index >= 15 is 0 Å². The van der Waals surface area contributed by atoms with Gasteiger partial charge in [-0.25, -0.2) is 19.4 Å². The number of carbonyl (C=O) groups excluding carboxylic acids is 2. The molecule has 2 aromatic heterocycles. The zero-order valence-electron chi connectivity index (χ0n) is 32.4. The number of rotatable bonds is 18. The number of carboxylic acids is 1. The molecule has 5 rings (SSSR count). The lowest BCUT2D eigenvalue weighted by atomic mass is 9.96. The molecule has 1 aliphatic heterocycles.